The number of aliphatic imine (C=N–C) groups is 1. The largest absolute Gasteiger partial charge is 0.404 e. The zero-order chi connectivity index (χ0) is 12.4. The van der Waals surface area contributed by atoms with Gasteiger partial charge in [0.1, 0.15) is 0 Å². The summed E-state index contributed by atoms with van der Waals surface area (Å²) in [5, 5.41) is 10.7. The lowest BCUT2D eigenvalue weighted by molar-refractivity contribution is -0.385. The highest BCUT2D eigenvalue weighted by atomic mass is 16.6. The van der Waals surface area contributed by atoms with Gasteiger partial charge in [0.05, 0.1) is 16.2 Å². The molecule has 17 heavy (non-hydrogen) atoms. The third-order valence-corrected chi connectivity index (χ3v) is 2.27. The van der Waals surface area contributed by atoms with Crippen LogP contribution in [0.5, 0.6) is 0 Å². The van der Waals surface area contributed by atoms with E-state index in [1.807, 2.05) is 0 Å². The highest BCUT2D eigenvalue weighted by Gasteiger charge is 2.15. The lowest BCUT2D eigenvalue weighted by atomic mass is 10.1. The maximum atomic E-state index is 10.8. The number of benzene rings is 1. The van der Waals surface area contributed by atoms with Crippen LogP contribution in [0.3, 0.4) is 0 Å². The Kier molecular flexibility index (Phi) is 2.70. The standard InChI is InChI=1S/C11H8N2O4/c1-7-8(3-2-4-9(7)13(15)16)12-10-5-6-11(14)17-10/h2-6H,1H3. The van der Waals surface area contributed by atoms with Crippen molar-refractivity contribution in [2.45, 2.75) is 6.92 Å². The number of carbonyl (C=O) groups excluding carboxylic acids is 1. The average Bonchev–Trinajstić information content (AvgIpc) is 2.67. The maximum absolute atomic E-state index is 10.8. The fourth-order valence-electron chi connectivity index (χ4n) is 1.42. The molecule has 2 rings (SSSR count). The van der Waals surface area contributed by atoms with Crippen LogP contribution in [-0.2, 0) is 9.53 Å². The lowest BCUT2D eigenvalue weighted by Gasteiger charge is -2.01. The fraction of sp³-hybridized carbons (Fsp3) is 0.0909. The number of nitro groups is 1. The molecule has 0 aliphatic carbocycles. The number of nitrogens with zero attached hydrogens (tertiary/aromatic N) is 2. The second kappa shape index (κ2) is 4.17. The number of carbonyl (C=O) groups is 1. The molecule has 0 amide bonds. The van der Waals surface area contributed by atoms with Gasteiger partial charge in [0.15, 0.2) is 0 Å². The molecule has 0 spiro atoms. The van der Waals surface area contributed by atoms with E-state index in [1.165, 1.54) is 24.3 Å². The first-order valence-electron chi connectivity index (χ1n) is 4.80. The highest BCUT2D eigenvalue weighted by molar-refractivity contribution is 6.08. The van der Waals surface area contributed by atoms with Crippen molar-refractivity contribution >= 4 is 23.2 Å². The Morgan fingerprint density at radius 3 is 2.71 bits per heavy atom. The first-order valence-corrected chi connectivity index (χ1v) is 4.80. The first-order chi connectivity index (χ1) is 8.08. The highest BCUT2D eigenvalue weighted by Crippen LogP contribution is 2.27. The minimum atomic E-state index is -0.494. The lowest BCUT2D eigenvalue weighted by Crippen LogP contribution is -1.99. The van der Waals surface area contributed by atoms with E-state index < -0.39 is 10.9 Å². The molecule has 0 atom stereocenters. The van der Waals surface area contributed by atoms with Crippen molar-refractivity contribution in [3.63, 3.8) is 0 Å². The normalized spacial score (nSPS) is 16.3. The number of cyclic esters (lactones) is 1. The monoisotopic (exact) mass is 232 g/mol. The van der Waals surface area contributed by atoms with Gasteiger partial charge >= 0.3 is 5.97 Å². The minimum Gasteiger partial charge on any atom is -0.404 e. The number of nitro benzene ring substituents is 1. The Morgan fingerprint density at radius 2 is 2.12 bits per heavy atom. The maximum Gasteiger partial charge on any atom is 0.337 e. The van der Waals surface area contributed by atoms with Crippen LogP contribution in [0.2, 0.25) is 0 Å². The molecule has 0 saturated heterocycles. The summed E-state index contributed by atoms with van der Waals surface area (Å²) < 4.78 is 4.75. The van der Waals surface area contributed by atoms with Crippen LogP contribution in [-0.4, -0.2) is 16.8 Å². The average molecular weight is 232 g/mol. The van der Waals surface area contributed by atoms with Crippen molar-refractivity contribution < 1.29 is 14.5 Å². The molecule has 1 aromatic rings. The first kappa shape index (κ1) is 11.0. The molecule has 0 saturated carbocycles. The summed E-state index contributed by atoms with van der Waals surface area (Å²) in [5.41, 5.74) is 0.829. The summed E-state index contributed by atoms with van der Waals surface area (Å²) in [4.78, 5) is 25.1. The molecular weight excluding hydrogens is 224 g/mol. The topological polar surface area (TPSA) is 81.8 Å². The second-order valence-corrected chi connectivity index (χ2v) is 3.38. The zero-order valence-electron chi connectivity index (χ0n) is 8.91. The van der Waals surface area contributed by atoms with Crippen molar-refractivity contribution in [3.8, 4) is 0 Å². The van der Waals surface area contributed by atoms with Crippen LogP contribution in [0, 0.1) is 17.0 Å². The SMILES string of the molecule is Cc1c(N=C2C=CC(=O)O2)cccc1[N+](=O)[O-]. The summed E-state index contributed by atoms with van der Waals surface area (Å²) in [6.45, 7) is 1.60. The van der Waals surface area contributed by atoms with Crippen molar-refractivity contribution in [2.24, 2.45) is 4.99 Å². The molecule has 0 N–H and O–H groups in total. The van der Waals surface area contributed by atoms with E-state index in [0.29, 0.717) is 11.3 Å². The molecule has 0 unspecified atom stereocenters. The van der Waals surface area contributed by atoms with Crippen molar-refractivity contribution in [1.82, 2.24) is 0 Å². The molecule has 1 aliphatic rings. The molecule has 6 heteroatoms. The smallest absolute Gasteiger partial charge is 0.337 e. The molecule has 0 fully saturated rings. The Bertz CT molecular complexity index is 561. The van der Waals surface area contributed by atoms with E-state index in [0.717, 1.165) is 0 Å². The van der Waals surface area contributed by atoms with Gasteiger partial charge in [-0.05, 0) is 13.0 Å². The van der Waals surface area contributed by atoms with E-state index in [-0.39, 0.29) is 11.6 Å². The Morgan fingerprint density at radius 1 is 1.35 bits per heavy atom. The Balaban J connectivity index is 2.41. The molecule has 1 heterocycles. The van der Waals surface area contributed by atoms with Crippen LogP contribution < -0.4 is 0 Å². The van der Waals surface area contributed by atoms with Gasteiger partial charge in [0.25, 0.3) is 5.69 Å². The quantitative estimate of drug-likeness (QED) is 0.444. The predicted molar refractivity (Wildman–Crippen MR) is 60.2 cm³/mol. The number of hydrogen-bond acceptors (Lipinski definition) is 5. The van der Waals surface area contributed by atoms with E-state index in [1.54, 1.807) is 13.0 Å². The summed E-state index contributed by atoms with van der Waals surface area (Å²) in [5.74, 6) is -0.356. The zero-order valence-corrected chi connectivity index (χ0v) is 8.91. The Labute approximate surface area is 96.4 Å². The number of hydrogen-bond donors (Lipinski definition) is 0. The van der Waals surface area contributed by atoms with Gasteiger partial charge < -0.3 is 4.74 Å². The molecule has 1 aromatic carbocycles. The van der Waals surface area contributed by atoms with Gasteiger partial charge in [0, 0.05) is 18.2 Å². The van der Waals surface area contributed by atoms with Gasteiger partial charge in [0.2, 0.25) is 5.90 Å². The van der Waals surface area contributed by atoms with E-state index in [2.05, 4.69) is 4.99 Å². The van der Waals surface area contributed by atoms with E-state index in [4.69, 9.17) is 4.74 Å². The van der Waals surface area contributed by atoms with Crippen LogP contribution in [0.4, 0.5) is 11.4 Å². The molecule has 0 radical (unpaired) electrons. The van der Waals surface area contributed by atoms with Gasteiger partial charge in [-0.3, -0.25) is 10.1 Å². The van der Waals surface area contributed by atoms with E-state index in [9.17, 15) is 14.9 Å². The van der Waals surface area contributed by atoms with Gasteiger partial charge in [-0.1, -0.05) is 6.07 Å². The number of rotatable bonds is 2. The third-order valence-electron chi connectivity index (χ3n) is 2.27. The van der Waals surface area contributed by atoms with Crippen LogP contribution in [0.25, 0.3) is 0 Å². The van der Waals surface area contributed by atoms with Crippen LogP contribution in [0.1, 0.15) is 5.56 Å². The summed E-state index contributed by atoms with van der Waals surface area (Å²) >= 11 is 0. The predicted octanol–water partition coefficient (Wildman–Crippen LogP) is 2.05. The minimum absolute atomic E-state index is 0.0137. The van der Waals surface area contributed by atoms with E-state index >= 15 is 0 Å². The molecule has 0 aromatic heterocycles. The van der Waals surface area contributed by atoms with Crippen molar-refractivity contribution in [2.75, 3.05) is 0 Å². The molecule has 0 bridgehead atoms. The van der Waals surface area contributed by atoms with Crippen LogP contribution >= 0.6 is 0 Å². The summed E-state index contributed by atoms with van der Waals surface area (Å²) in [7, 11) is 0. The fourth-order valence-corrected chi connectivity index (χ4v) is 1.42. The third kappa shape index (κ3) is 2.20. The van der Waals surface area contributed by atoms with Crippen LogP contribution in [0.15, 0.2) is 35.3 Å². The summed E-state index contributed by atoms with van der Waals surface area (Å²) in [6, 6.07) is 4.55. The number of ether oxygens (including phenoxy) is 1. The number of esters is 1. The molecule has 1 aliphatic heterocycles. The van der Waals surface area contributed by atoms with Crippen molar-refractivity contribution in [1.29, 1.82) is 0 Å². The van der Waals surface area contributed by atoms with Gasteiger partial charge in [-0.25, -0.2) is 9.79 Å². The molecule has 6 nitrogen and oxygen atoms in total. The second-order valence-electron chi connectivity index (χ2n) is 3.38. The summed E-state index contributed by atoms with van der Waals surface area (Å²) in [6.07, 6.45) is 2.66. The van der Waals surface area contributed by atoms with Gasteiger partial charge in [-0.15, -0.1) is 0 Å². The molecular formula is C11H8N2O4. The van der Waals surface area contributed by atoms with Crippen molar-refractivity contribution in [3.05, 3.63) is 46.0 Å². The van der Waals surface area contributed by atoms with Gasteiger partial charge in [-0.2, -0.15) is 0 Å². The Hall–Kier alpha value is -2.50. The molecule has 86 valence electrons.